The molecule has 0 saturated heterocycles. The molecule has 16 rings (SSSR count). The number of benzene rings is 9. The molecule has 1 saturated carbocycles. The molecule has 0 atom stereocenters. The van der Waals surface area contributed by atoms with Gasteiger partial charge >= 0.3 is 0 Å². The summed E-state index contributed by atoms with van der Waals surface area (Å²) in [7, 11) is 14.3. The van der Waals surface area contributed by atoms with Gasteiger partial charge in [-0.3, -0.25) is 0 Å². The summed E-state index contributed by atoms with van der Waals surface area (Å²) in [6.07, 6.45) is 10.5. The maximum absolute atomic E-state index is 6.30. The van der Waals surface area contributed by atoms with Crippen LogP contribution in [0.4, 0.5) is 87.7 Å². The summed E-state index contributed by atoms with van der Waals surface area (Å²) in [5, 5.41) is 42.6. The average Bonchev–Trinajstić information content (AvgIpc) is 0.780. The predicted molar refractivity (Wildman–Crippen MR) is 515 cm³/mol. The Bertz CT molecular complexity index is 6210. The van der Waals surface area contributed by atoms with Gasteiger partial charge in [-0.15, -0.1) is 0 Å². The largest absolute Gasteiger partial charge is 0.497 e. The lowest BCUT2D eigenvalue weighted by atomic mass is 9.96. The summed E-state index contributed by atoms with van der Waals surface area (Å²) in [5.74, 6) is 7.76. The van der Waals surface area contributed by atoms with E-state index in [-0.39, 0.29) is 0 Å². The first-order valence-corrected chi connectivity index (χ1v) is 43.2. The molecule has 6 aromatic heterocycles. The molecule has 28 nitrogen and oxygen atoms in total. The highest BCUT2D eigenvalue weighted by Gasteiger charge is 2.20. The van der Waals surface area contributed by atoms with Gasteiger partial charge in [0, 0.05) is 144 Å². The molecule has 0 amide bonds. The van der Waals surface area contributed by atoms with Crippen LogP contribution >= 0.6 is 34.8 Å². The molecule has 0 spiro atoms. The fourth-order valence-electron chi connectivity index (χ4n) is 14.5. The van der Waals surface area contributed by atoms with Crippen LogP contribution in [0.2, 0.25) is 15.1 Å². The molecule has 0 aliphatic heterocycles. The fourth-order valence-corrected chi connectivity index (χ4v) is 15.0. The van der Waals surface area contributed by atoms with E-state index in [0.717, 1.165) is 174 Å². The van der Waals surface area contributed by atoms with Crippen LogP contribution in [-0.4, -0.2) is 162 Å². The van der Waals surface area contributed by atoms with Gasteiger partial charge < -0.3 is 81.9 Å². The van der Waals surface area contributed by atoms with Crippen LogP contribution in [0.25, 0.3) is 65.4 Å². The Kier molecular flexibility index (Phi) is 29.7. The topological polar surface area (TPSA) is 318 Å². The van der Waals surface area contributed by atoms with Crippen molar-refractivity contribution < 1.29 is 18.9 Å². The van der Waals surface area contributed by atoms with Crippen molar-refractivity contribution in [3.8, 4) is 23.0 Å². The number of halogens is 3. The highest BCUT2D eigenvalue weighted by molar-refractivity contribution is 6.32. The van der Waals surface area contributed by atoms with E-state index in [2.05, 4.69) is 140 Å². The zero-order valence-electron chi connectivity index (χ0n) is 72.2. The van der Waals surface area contributed by atoms with Crippen LogP contribution in [0.5, 0.6) is 23.0 Å². The third-order valence-corrected chi connectivity index (χ3v) is 21.8. The van der Waals surface area contributed by atoms with E-state index in [1.807, 2.05) is 178 Å². The molecular weight excluding hydrogens is 1640 g/mol. The van der Waals surface area contributed by atoms with E-state index in [0.29, 0.717) is 107 Å². The second-order valence-electron chi connectivity index (χ2n) is 30.4. The first kappa shape index (κ1) is 88.0. The maximum Gasteiger partial charge on any atom is 0.233 e. The lowest BCUT2D eigenvalue weighted by Gasteiger charge is -2.23. The molecule has 1 fully saturated rings. The molecule has 31 heteroatoms. The van der Waals surface area contributed by atoms with Crippen LogP contribution in [0.1, 0.15) is 82.4 Å². The van der Waals surface area contributed by atoms with Gasteiger partial charge in [0.05, 0.1) is 78.6 Å². The molecule has 6 heterocycles. The van der Waals surface area contributed by atoms with E-state index in [1.165, 1.54) is 36.0 Å². The number of nitrogens with zero attached hydrogens (tertiary/aromatic N) is 14. The van der Waals surface area contributed by atoms with Gasteiger partial charge in [-0.1, -0.05) is 93.0 Å². The van der Waals surface area contributed by atoms with Crippen molar-refractivity contribution in [2.45, 2.75) is 91.0 Å². The quantitative estimate of drug-likeness (QED) is 0.0132. The normalized spacial score (nSPS) is 11.9. The number of nitrogens with one attached hydrogen (secondary N) is 10. The van der Waals surface area contributed by atoms with E-state index >= 15 is 0 Å². The Morgan fingerprint density at radius 2 is 0.680 bits per heavy atom. The number of rotatable bonds is 34. The highest BCUT2D eigenvalue weighted by atomic mass is 35.5. The van der Waals surface area contributed by atoms with E-state index in [4.69, 9.17) is 83.7 Å². The Morgan fingerprint density at radius 1 is 0.304 bits per heavy atom. The van der Waals surface area contributed by atoms with Gasteiger partial charge in [-0.05, 0) is 213 Å². The van der Waals surface area contributed by atoms with Crippen molar-refractivity contribution >= 4 is 188 Å². The number of fused-ring (bicyclic) bond motifs is 6. The predicted octanol–water partition coefficient (Wildman–Crippen LogP) is 20.9. The van der Waals surface area contributed by atoms with Gasteiger partial charge in [0.1, 0.15) is 23.0 Å². The number of methoxy groups -OCH3 is 4. The van der Waals surface area contributed by atoms with Crippen LogP contribution in [0, 0.1) is 0 Å². The van der Waals surface area contributed by atoms with Gasteiger partial charge in [0.2, 0.25) is 53.5 Å². The molecule has 9 aromatic carbocycles. The van der Waals surface area contributed by atoms with Crippen molar-refractivity contribution in [2.75, 3.05) is 159 Å². The standard InChI is InChI=1S/C35H41ClN8O2.C30H33ClN8O.C29H31ClN8O/c1-4-22-17-25(20-27(18-22)46-3)40-35-43-33(42-34(44-35)39-24-9-6-5-7-10-24)38-16-8-15-37-32-28-13-11-23(36)19-31(28)41-30-14-12-26(45-2)21-29(30)32;1-5-19-7-14-25-24(17-19)27(23-13-8-20(31)18-26(23)35-25)32-15-6-16-33-28-36-29(38-30(37-28)39(2)3)34-21-9-11-22(40-4)12-10-21;1-5-18-6-9-20(10-7-18)33-28-35-27(36-29(37-28)38(2)3)32-15-14-31-26-22-12-8-19(30)16-25(22)34-24-13-11-21(39-4)17-23(24)26/h11-14,17-21,24H,4-10,15-16H2,1-3H3,(H,37,41)(H3,38,39,40,42,43,44);7-14,17-18H,5-6,15-16H2,1-4H3,(H,32,35)(H2,33,34,36,37,38);6-13,16-17H,5,14-15H2,1-4H3,(H,31,34)(H2,32,33,35,36,37). The van der Waals surface area contributed by atoms with Crippen LogP contribution < -0.4 is 81.9 Å². The Hall–Kier alpha value is -13.3. The number of anilines is 15. The Balaban J connectivity index is 0.000000153. The van der Waals surface area contributed by atoms with Crippen molar-refractivity contribution in [2.24, 2.45) is 0 Å². The third-order valence-electron chi connectivity index (χ3n) is 21.1. The summed E-state index contributed by atoms with van der Waals surface area (Å²) >= 11 is 18.8. The minimum Gasteiger partial charge on any atom is -0.497 e. The second kappa shape index (κ2) is 42.2. The van der Waals surface area contributed by atoms with Gasteiger partial charge in [-0.2, -0.15) is 44.9 Å². The molecule has 0 unspecified atom stereocenters. The van der Waals surface area contributed by atoms with Crippen molar-refractivity contribution in [3.05, 3.63) is 208 Å². The van der Waals surface area contributed by atoms with Crippen LogP contribution in [0.15, 0.2) is 176 Å². The fraction of sp³-hybridized carbons (Fsp3) is 0.298. The van der Waals surface area contributed by atoms with Crippen molar-refractivity contribution in [1.29, 1.82) is 0 Å². The molecule has 1 aliphatic rings. The number of aryl methyl sites for hydroxylation is 3. The summed E-state index contributed by atoms with van der Waals surface area (Å²) in [6, 6.07) is 57.9. The van der Waals surface area contributed by atoms with E-state index < -0.39 is 0 Å². The molecule has 15 aromatic rings. The SMILES string of the molecule is CCc1cc(Nc2nc(NCCCNc3c4ccc(Cl)cc4nc4ccc(OC)cc34)nc(NC3CCCCC3)n2)cc(OC)c1.CCc1ccc(Nc2nc(NCCNc3c4ccc(Cl)cc4nc4ccc(OC)cc34)nc(N(C)C)n2)cc1.CCc1ccc2nc3cc(Cl)ccc3c(NCCCNc3nc(Nc4ccc(OC)cc4)nc(N(C)C)n3)c2c1. The smallest absolute Gasteiger partial charge is 0.233 e. The third kappa shape index (κ3) is 23.1. The minimum absolute atomic E-state index is 0.364. The zero-order chi connectivity index (χ0) is 87.3. The average molecular weight is 1740 g/mol. The van der Waals surface area contributed by atoms with Crippen LogP contribution in [0.3, 0.4) is 0 Å². The van der Waals surface area contributed by atoms with E-state index in [9.17, 15) is 0 Å². The molecule has 1 aliphatic carbocycles. The molecule has 10 N–H and O–H groups in total. The molecule has 646 valence electrons. The summed E-state index contributed by atoms with van der Waals surface area (Å²) in [4.78, 5) is 59.7. The summed E-state index contributed by atoms with van der Waals surface area (Å²) in [6.45, 7) is 10.4. The Morgan fingerprint density at radius 3 is 1.15 bits per heavy atom. The molecular formula is C94H105Cl3N24O4. The number of hydrogen-bond acceptors (Lipinski definition) is 28. The lowest BCUT2D eigenvalue weighted by molar-refractivity contribution is 0.414. The number of aromatic nitrogens is 12. The summed E-state index contributed by atoms with van der Waals surface area (Å²) in [5.41, 5.74) is 14.6. The first-order valence-electron chi connectivity index (χ1n) is 42.1. The van der Waals surface area contributed by atoms with Crippen molar-refractivity contribution in [1.82, 2.24) is 59.8 Å². The highest BCUT2D eigenvalue weighted by Crippen LogP contribution is 2.39. The van der Waals surface area contributed by atoms with E-state index in [1.54, 1.807) is 28.4 Å². The monoisotopic (exact) mass is 1740 g/mol. The van der Waals surface area contributed by atoms with Gasteiger partial charge in [-0.25, -0.2) is 15.0 Å². The number of hydrogen-bond donors (Lipinski definition) is 10. The lowest BCUT2D eigenvalue weighted by Crippen LogP contribution is -2.24. The molecule has 0 radical (unpaired) electrons. The maximum atomic E-state index is 6.30. The Labute approximate surface area is 742 Å². The molecule has 125 heavy (non-hydrogen) atoms. The minimum atomic E-state index is 0.364. The number of ether oxygens (including phenoxy) is 4. The number of pyridine rings is 3. The van der Waals surface area contributed by atoms with Crippen molar-refractivity contribution in [3.63, 3.8) is 0 Å². The second-order valence-corrected chi connectivity index (χ2v) is 31.7. The zero-order valence-corrected chi connectivity index (χ0v) is 74.4. The summed E-state index contributed by atoms with van der Waals surface area (Å²) < 4.78 is 21.7. The van der Waals surface area contributed by atoms with Gasteiger partial charge in [0.25, 0.3) is 0 Å². The van der Waals surface area contributed by atoms with Gasteiger partial charge in [0.15, 0.2) is 0 Å². The molecule has 0 bridgehead atoms. The van der Waals surface area contributed by atoms with Crippen LogP contribution in [-0.2, 0) is 19.3 Å². The first-order chi connectivity index (χ1) is 60.9.